The fourth-order valence-electron chi connectivity index (χ4n) is 4.16. The van der Waals surface area contributed by atoms with Gasteiger partial charge in [-0.25, -0.2) is 4.39 Å². The molecule has 1 aromatic heterocycles. The minimum atomic E-state index is -0.553. The molecule has 0 fully saturated rings. The Morgan fingerprint density at radius 2 is 1.62 bits per heavy atom. The van der Waals surface area contributed by atoms with Crippen molar-refractivity contribution in [3.8, 4) is 0 Å². The van der Waals surface area contributed by atoms with E-state index in [-0.39, 0.29) is 5.78 Å². The van der Waals surface area contributed by atoms with Gasteiger partial charge in [0.1, 0.15) is 5.82 Å². The standard InChI is InChI=1S/C27H18FN2O2/c28-20-12-13-21-24(15-20)30(23-11-5-10-22(25(21)23)27(29)32)16-17-6-4-9-19(14-17)26(31)18-7-2-1-3-8-18/h1-12,14-15H,16H2,(H2,29,32). The maximum absolute atomic E-state index is 14.1. The molecule has 0 atom stereocenters. The van der Waals surface area contributed by atoms with Crippen molar-refractivity contribution in [1.82, 2.24) is 4.57 Å². The lowest BCUT2D eigenvalue weighted by atomic mass is 10.0. The Balaban J connectivity index is 1.65. The van der Waals surface area contributed by atoms with Crippen molar-refractivity contribution in [1.29, 1.82) is 0 Å². The molecule has 4 aromatic carbocycles. The van der Waals surface area contributed by atoms with Crippen LogP contribution in [0.5, 0.6) is 0 Å². The number of amides is 1. The number of fused-ring (bicyclic) bond motifs is 3. The number of hydrogen-bond donors (Lipinski definition) is 1. The molecular weight excluding hydrogens is 403 g/mol. The van der Waals surface area contributed by atoms with E-state index in [0.29, 0.717) is 39.5 Å². The Morgan fingerprint density at radius 3 is 2.41 bits per heavy atom. The molecule has 4 nitrogen and oxygen atoms in total. The van der Waals surface area contributed by atoms with Gasteiger partial charge in [0.15, 0.2) is 5.78 Å². The van der Waals surface area contributed by atoms with E-state index in [1.54, 1.807) is 30.3 Å². The van der Waals surface area contributed by atoms with Crippen LogP contribution in [0.4, 0.5) is 4.39 Å². The molecule has 5 aromatic rings. The van der Waals surface area contributed by atoms with Gasteiger partial charge in [0, 0.05) is 34.0 Å². The van der Waals surface area contributed by atoms with Crippen LogP contribution in [0.3, 0.4) is 0 Å². The van der Waals surface area contributed by atoms with Crippen LogP contribution in [0.2, 0.25) is 0 Å². The Morgan fingerprint density at radius 1 is 0.875 bits per heavy atom. The third kappa shape index (κ3) is 3.34. The molecule has 0 bridgehead atoms. The number of carbonyl (C=O) groups excluding carboxylic acids is 2. The molecule has 1 amide bonds. The lowest BCUT2D eigenvalue weighted by Crippen LogP contribution is -2.11. The van der Waals surface area contributed by atoms with Crippen LogP contribution in [0, 0.1) is 11.9 Å². The maximum atomic E-state index is 14.1. The molecule has 5 rings (SSSR count). The number of halogens is 1. The predicted octanol–water partition coefficient (Wildman–Crippen LogP) is 5.11. The van der Waals surface area contributed by atoms with Gasteiger partial charge in [-0.3, -0.25) is 9.59 Å². The van der Waals surface area contributed by atoms with Gasteiger partial charge in [0.25, 0.3) is 0 Å². The molecule has 32 heavy (non-hydrogen) atoms. The number of primary amides is 1. The molecule has 1 radical (unpaired) electrons. The second kappa shape index (κ2) is 7.78. The summed E-state index contributed by atoms with van der Waals surface area (Å²) >= 11 is 0. The van der Waals surface area contributed by atoms with E-state index in [0.717, 1.165) is 11.1 Å². The smallest absolute Gasteiger partial charge is 0.249 e. The first-order valence-electron chi connectivity index (χ1n) is 10.1. The minimum Gasteiger partial charge on any atom is -0.366 e. The normalized spacial score (nSPS) is 11.2. The summed E-state index contributed by atoms with van der Waals surface area (Å²) < 4.78 is 16.0. The van der Waals surface area contributed by atoms with E-state index >= 15 is 0 Å². The van der Waals surface area contributed by atoms with Crippen LogP contribution in [-0.4, -0.2) is 16.3 Å². The molecule has 0 unspecified atom stereocenters. The molecule has 0 aliphatic rings. The molecule has 0 saturated carbocycles. The predicted molar refractivity (Wildman–Crippen MR) is 122 cm³/mol. The summed E-state index contributed by atoms with van der Waals surface area (Å²) in [5.41, 5.74) is 9.38. The van der Waals surface area contributed by atoms with Crippen molar-refractivity contribution >= 4 is 33.5 Å². The van der Waals surface area contributed by atoms with E-state index in [2.05, 4.69) is 6.07 Å². The van der Waals surface area contributed by atoms with E-state index in [9.17, 15) is 14.0 Å². The van der Waals surface area contributed by atoms with Crippen molar-refractivity contribution < 1.29 is 14.0 Å². The van der Waals surface area contributed by atoms with E-state index in [4.69, 9.17) is 5.73 Å². The SMILES string of the molecule is NC(=O)c1cccc2c1c1[c]cc(F)cc1n2Cc1cccc(C(=O)c2ccccc2)c1. The first kappa shape index (κ1) is 19.7. The van der Waals surface area contributed by atoms with Gasteiger partial charge in [-0.15, -0.1) is 0 Å². The van der Waals surface area contributed by atoms with Gasteiger partial charge in [-0.1, -0.05) is 54.6 Å². The summed E-state index contributed by atoms with van der Waals surface area (Å²) in [7, 11) is 0. The van der Waals surface area contributed by atoms with Crippen molar-refractivity contribution in [2.24, 2.45) is 5.73 Å². The number of nitrogens with two attached hydrogens (primary N) is 1. The second-order valence-electron chi connectivity index (χ2n) is 7.62. The van der Waals surface area contributed by atoms with Gasteiger partial charge in [0.2, 0.25) is 5.91 Å². The fourth-order valence-corrected chi connectivity index (χ4v) is 4.16. The molecule has 0 saturated heterocycles. The van der Waals surface area contributed by atoms with Crippen LogP contribution in [0.25, 0.3) is 21.8 Å². The highest BCUT2D eigenvalue weighted by Gasteiger charge is 2.18. The zero-order valence-electron chi connectivity index (χ0n) is 17.0. The Kier molecular flexibility index (Phi) is 4.79. The zero-order valence-corrected chi connectivity index (χ0v) is 17.0. The van der Waals surface area contributed by atoms with Crippen LogP contribution in [0.15, 0.2) is 84.9 Å². The van der Waals surface area contributed by atoms with Gasteiger partial charge in [-0.05, 0) is 42.0 Å². The summed E-state index contributed by atoms with van der Waals surface area (Å²) in [6.45, 7) is 0.384. The molecule has 2 N–H and O–H groups in total. The van der Waals surface area contributed by atoms with Gasteiger partial charge in [0.05, 0.1) is 11.0 Å². The fraction of sp³-hybridized carbons (Fsp3) is 0.0370. The summed E-state index contributed by atoms with van der Waals surface area (Å²) in [4.78, 5) is 24.9. The molecule has 155 valence electrons. The summed E-state index contributed by atoms with van der Waals surface area (Å²) in [6.07, 6.45) is 0. The monoisotopic (exact) mass is 421 g/mol. The molecule has 0 aliphatic heterocycles. The first-order valence-corrected chi connectivity index (χ1v) is 10.1. The Bertz CT molecular complexity index is 1500. The summed E-state index contributed by atoms with van der Waals surface area (Å²) in [6, 6.07) is 27.4. The summed E-state index contributed by atoms with van der Waals surface area (Å²) in [5.74, 6) is -1.04. The summed E-state index contributed by atoms with van der Waals surface area (Å²) in [5, 5.41) is 1.28. The molecule has 5 heteroatoms. The van der Waals surface area contributed by atoms with Crippen molar-refractivity contribution in [3.63, 3.8) is 0 Å². The first-order chi connectivity index (χ1) is 15.5. The van der Waals surface area contributed by atoms with Crippen LogP contribution in [0.1, 0.15) is 31.8 Å². The number of aromatic nitrogens is 1. The number of rotatable bonds is 5. The average molecular weight is 421 g/mol. The van der Waals surface area contributed by atoms with Crippen LogP contribution < -0.4 is 5.73 Å². The Labute approximate surface area is 183 Å². The zero-order chi connectivity index (χ0) is 22.2. The largest absolute Gasteiger partial charge is 0.366 e. The highest BCUT2D eigenvalue weighted by molar-refractivity contribution is 6.17. The number of hydrogen-bond acceptors (Lipinski definition) is 2. The maximum Gasteiger partial charge on any atom is 0.249 e. The topological polar surface area (TPSA) is 65.1 Å². The van der Waals surface area contributed by atoms with Gasteiger partial charge >= 0.3 is 0 Å². The average Bonchev–Trinajstić information content (AvgIpc) is 3.12. The lowest BCUT2D eigenvalue weighted by molar-refractivity contribution is 0.1000. The number of benzene rings is 4. The minimum absolute atomic E-state index is 0.0648. The van der Waals surface area contributed by atoms with E-state index < -0.39 is 11.7 Å². The lowest BCUT2D eigenvalue weighted by Gasteiger charge is -2.10. The number of ketones is 1. The molecular formula is C27H18FN2O2. The molecule has 0 aliphatic carbocycles. The van der Waals surface area contributed by atoms with Crippen LogP contribution in [-0.2, 0) is 6.54 Å². The molecule has 0 spiro atoms. The highest BCUT2D eigenvalue weighted by atomic mass is 19.1. The number of nitrogens with zero attached hydrogens (tertiary/aromatic N) is 1. The van der Waals surface area contributed by atoms with Crippen molar-refractivity contribution in [2.45, 2.75) is 6.54 Å². The van der Waals surface area contributed by atoms with Gasteiger partial charge < -0.3 is 10.3 Å². The van der Waals surface area contributed by atoms with Gasteiger partial charge in [-0.2, -0.15) is 0 Å². The Hall–Kier alpha value is -4.25. The quantitative estimate of drug-likeness (QED) is 0.401. The van der Waals surface area contributed by atoms with E-state index in [1.165, 1.54) is 12.1 Å². The second-order valence-corrected chi connectivity index (χ2v) is 7.62. The third-order valence-electron chi connectivity index (χ3n) is 5.59. The van der Waals surface area contributed by atoms with Crippen molar-refractivity contribution in [2.75, 3.05) is 0 Å². The van der Waals surface area contributed by atoms with Crippen LogP contribution >= 0.6 is 0 Å². The molecule has 1 heterocycles. The van der Waals surface area contributed by atoms with E-state index in [1.807, 2.05) is 47.0 Å². The third-order valence-corrected chi connectivity index (χ3v) is 5.59. The number of carbonyl (C=O) groups is 2. The van der Waals surface area contributed by atoms with Crippen molar-refractivity contribution in [3.05, 3.63) is 119 Å². The highest BCUT2D eigenvalue weighted by Crippen LogP contribution is 2.32.